The van der Waals surface area contributed by atoms with Gasteiger partial charge in [0, 0.05) is 12.6 Å². The SMILES string of the molecule is COc1cc(OC)c(NC(=O)CN(C)Cc2ccccc2C)cc1Cl. The van der Waals surface area contributed by atoms with E-state index in [2.05, 4.69) is 24.4 Å². The number of nitrogens with zero attached hydrogens (tertiary/aromatic N) is 1. The zero-order chi connectivity index (χ0) is 18.4. The average molecular weight is 363 g/mol. The molecule has 0 atom stereocenters. The molecule has 0 fully saturated rings. The van der Waals surface area contributed by atoms with Crippen LogP contribution in [0.4, 0.5) is 5.69 Å². The van der Waals surface area contributed by atoms with Crippen molar-refractivity contribution in [2.45, 2.75) is 13.5 Å². The lowest BCUT2D eigenvalue weighted by atomic mass is 10.1. The quantitative estimate of drug-likeness (QED) is 0.815. The number of amides is 1. The molecule has 0 aliphatic heterocycles. The van der Waals surface area contributed by atoms with Gasteiger partial charge in [-0.3, -0.25) is 9.69 Å². The number of anilines is 1. The van der Waals surface area contributed by atoms with Crippen LogP contribution in [0.3, 0.4) is 0 Å². The van der Waals surface area contributed by atoms with Gasteiger partial charge in [0.25, 0.3) is 0 Å². The van der Waals surface area contributed by atoms with Crippen LogP contribution < -0.4 is 14.8 Å². The lowest BCUT2D eigenvalue weighted by Crippen LogP contribution is -2.30. The third-order valence-electron chi connectivity index (χ3n) is 3.86. The van der Waals surface area contributed by atoms with E-state index in [4.69, 9.17) is 21.1 Å². The number of rotatable bonds is 7. The molecular weight excluding hydrogens is 340 g/mol. The summed E-state index contributed by atoms with van der Waals surface area (Å²) in [7, 11) is 4.96. The molecule has 0 heterocycles. The van der Waals surface area contributed by atoms with Crippen molar-refractivity contribution in [3.8, 4) is 11.5 Å². The predicted octanol–water partition coefficient (Wildman–Crippen LogP) is 3.74. The summed E-state index contributed by atoms with van der Waals surface area (Å²) in [6.45, 7) is 3.01. The lowest BCUT2D eigenvalue weighted by Gasteiger charge is -2.18. The largest absolute Gasteiger partial charge is 0.495 e. The van der Waals surface area contributed by atoms with Crippen LogP contribution in [0.5, 0.6) is 11.5 Å². The number of carbonyl (C=O) groups excluding carboxylic acids is 1. The van der Waals surface area contributed by atoms with Crippen LogP contribution >= 0.6 is 11.6 Å². The Morgan fingerprint density at radius 2 is 1.84 bits per heavy atom. The summed E-state index contributed by atoms with van der Waals surface area (Å²) in [6, 6.07) is 11.4. The Labute approximate surface area is 153 Å². The molecule has 0 aliphatic rings. The van der Waals surface area contributed by atoms with E-state index in [1.165, 1.54) is 25.3 Å². The molecule has 5 nitrogen and oxygen atoms in total. The Bertz CT molecular complexity index is 749. The van der Waals surface area contributed by atoms with E-state index in [1.807, 2.05) is 24.1 Å². The van der Waals surface area contributed by atoms with Gasteiger partial charge in [0.05, 0.1) is 31.5 Å². The molecule has 0 bridgehead atoms. The van der Waals surface area contributed by atoms with E-state index in [-0.39, 0.29) is 12.5 Å². The monoisotopic (exact) mass is 362 g/mol. The number of aryl methyl sites for hydroxylation is 1. The highest BCUT2D eigenvalue weighted by Crippen LogP contribution is 2.35. The number of methoxy groups -OCH3 is 2. The Kier molecular flexibility index (Phi) is 6.67. The van der Waals surface area contributed by atoms with Crippen molar-refractivity contribution in [1.29, 1.82) is 0 Å². The number of hydrogen-bond donors (Lipinski definition) is 1. The molecule has 0 aliphatic carbocycles. The molecule has 6 heteroatoms. The standard InChI is InChI=1S/C19H23ClN2O3/c1-13-7-5-6-8-14(13)11-22(2)12-19(23)21-16-9-15(20)17(24-3)10-18(16)25-4/h5-10H,11-12H2,1-4H3,(H,21,23). The van der Waals surface area contributed by atoms with Crippen molar-refractivity contribution in [3.63, 3.8) is 0 Å². The van der Waals surface area contributed by atoms with Crippen molar-refractivity contribution in [3.05, 3.63) is 52.5 Å². The third-order valence-corrected chi connectivity index (χ3v) is 4.16. The lowest BCUT2D eigenvalue weighted by molar-refractivity contribution is -0.117. The first-order valence-electron chi connectivity index (χ1n) is 7.89. The number of hydrogen-bond acceptors (Lipinski definition) is 4. The first-order valence-corrected chi connectivity index (χ1v) is 8.26. The molecule has 25 heavy (non-hydrogen) atoms. The third kappa shape index (κ3) is 5.11. The van der Waals surface area contributed by atoms with Gasteiger partial charge < -0.3 is 14.8 Å². The molecular formula is C19H23ClN2O3. The molecule has 134 valence electrons. The zero-order valence-electron chi connectivity index (χ0n) is 14.9. The van der Waals surface area contributed by atoms with Gasteiger partial charge >= 0.3 is 0 Å². The van der Waals surface area contributed by atoms with Gasteiger partial charge in [-0.1, -0.05) is 35.9 Å². The predicted molar refractivity (Wildman–Crippen MR) is 101 cm³/mol. The summed E-state index contributed by atoms with van der Waals surface area (Å²) in [4.78, 5) is 14.3. The molecule has 0 aromatic heterocycles. The van der Waals surface area contributed by atoms with Gasteiger partial charge in [-0.05, 0) is 31.2 Å². The fourth-order valence-electron chi connectivity index (χ4n) is 2.53. The van der Waals surface area contributed by atoms with Gasteiger partial charge in [-0.25, -0.2) is 0 Å². The molecule has 0 spiro atoms. The fourth-order valence-corrected chi connectivity index (χ4v) is 2.77. The van der Waals surface area contributed by atoms with Crippen LogP contribution in [-0.4, -0.2) is 38.6 Å². The second-order valence-electron chi connectivity index (χ2n) is 5.83. The highest BCUT2D eigenvalue weighted by molar-refractivity contribution is 6.32. The highest BCUT2D eigenvalue weighted by Gasteiger charge is 2.14. The van der Waals surface area contributed by atoms with Gasteiger partial charge in [0.15, 0.2) is 0 Å². The van der Waals surface area contributed by atoms with Crippen LogP contribution in [-0.2, 0) is 11.3 Å². The number of benzene rings is 2. The maximum atomic E-state index is 12.3. The zero-order valence-corrected chi connectivity index (χ0v) is 15.7. The fraction of sp³-hybridized carbons (Fsp3) is 0.316. The normalized spacial score (nSPS) is 10.6. The van der Waals surface area contributed by atoms with Gasteiger partial charge in [0.1, 0.15) is 11.5 Å². The highest BCUT2D eigenvalue weighted by atomic mass is 35.5. The summed E-state index contributed by atoms with van der Waals surface area (Å²) in [6.07, 6.45) is 0. The second kappa shape index (κ2) is 8.74. The molecule has 2 aromatic rings. The van der Waals surface area contributed by atoms with Crippen LogP contribution in [0, 0.1) is 6.92 Å². The van der Waals surface area contributed by atoms with Crippen molar-refractivity contribution in [2.24, 2.45) is 0 Å². The van der Waals surface area contributed by atoms with E-state index in [0.717, 1.165) is 0 Å². The summed E-state index contributed by atoms with van der Waals surface area (Å²) in [5.41, 5.74) is 2.92. The molecule has 0 radical (unpaired) electrons. The number of halogens is 1. The van der Waals surface area contributed by atoms with Crippen molar-refractivity contribution in [1.82, 2.24) is 4.90 Å². The summed E-state index contributed by atoms with van der Waals surface area (Å²) < 4.78 is 10.4. The molecule has 2 rings (SSSR count). The Hall–Kier alpha value is -2.24. The van der Waals surface area contributed by atoms with Crippen LogP contribution in [0.1, 0.15) is 11.1 Å². The minimum Gasteiger partial charge on any atom is -0.495 e. The molecule has 0 unspecified atom stereocenters. The molecule has 0 saturated carbocycles. The second-order valence-corrected chi connectivity index (χ2v) is 6.24. The van der Waals surface area contributed by atoms with E-state index in [1.54, 1.807) is 12.1 Å². The summed E-state index contributed by atoms with van der Waals surface area (Å²) in [5, 5.41) is 3.25. The van der Waals surface area contributed by atoms with Crippen molar-refractivity contribution < 1.29 is 14.3 Å². The van der Waals surface area contributed by atoms with E-state index in [0.29, 0.717) is 28.8 Å². The first-order chi connectivity index (χ1) is 11.9. The molecule has 2 aromatic carbocycles. The number of carbonyl (C=O) groups is 1. The first kappa shape index (κ1) is 19.1. The number of ether oxygens (including phenoxy) is 2. The smallest absolute Gasteiger partial charge is 0.238 e. The van der Waals surface area contributed by atoms with Gasteiger partial charge in [0.2, 0.25) is 5.91 Å². The maximum absolute atomic E-state index is 12.3. The van der Waals surface area contributed by atoms with Crippen molar-refractivity contribution >= 4 is 23.2 Å². The molecule has 1 amide bonds. The Morgan fingerprint density at radius 1 is 1.16 bits per heavy atom. The van der Waals surface area contributed by atoms with Crippen LogP contribution in [0.15, 0.2) is 36.4 Å². The van der Waals surface area contributed by atoms with Gasteiger partial charge in [-0.15, -0.1) is 0 Å². The van der Waals surface area contributed by atoms with E-state index < -0.39 is 0 Å². The minimum atomic E-state index is -0.143. The van der Waals surface area contributed by atoms with E-state index >= 15 is 0 Å². The minimum absolute atomic E-state index is 0.143. The summed E-state index contributed by atoms with van der Waals surface area (Å²) >= 11 is 6.13. The van der Waals surface area contributed by atoms with Gasteiger partial charge in [-0.2, -0.15) is 0 Å². The molecule has 0 saturated heterocycles. The van der Waals surface area contributed by atoms with E-state index in [9.17, 15) is 4.79 Å². The maximum Gasteiger partial charge on any atom is 0.238 e. The van der Waals surface area contributed by atoms with Crippen LogP contribution in [0.25, 0.3) is 0 Å². The number of likely N-dealkylation sites (N-methyl/N-ethyl adjacent to an activating group) is 1. The summed E-state index contributed by atoms with van der Waals surface area (Å²) in [5.74, 6) is 0.847. The average Bonchev–Trinajstić information content (AvgIpc) is 2.57. The topological polar surface area (TPSA) is 50.8 Å². The Morgan fingerprint density at radius 3 is 2.48 bits per heavy atom. The number of nitrogens with one attached hydrogen (secondary N) is 1. The molecule has 1 N–H and O–H groups in total. The Balaban J connectivity index is 2.02. The van der Waals surface area contributed by atoms with Crippen molar-refractivity contribution in [2.75, 3.05) is 33.1 Å². The van der Waals surface area contributed by atoms with Crippen LogP contribution in [0.2, 0.25) is 5.02 Å².